The zero-order chi connectivity index (χ0) is 37.7. The van der Waals surface area contributed by atoms with Crippen LogP contribution in [0.2, 0.25) is 0 Å². The molecule has 8 fully saturated rings. The molecule has 10 aliphatic carbocycles. The first-order chi connectivity index (χ1) is 28.7. The van der Waals surface area contributed by atoms with E-state index < -0.39 is 0 Å². The van der Waals surface area contributed by atoms with Crippen LogP contribution in [-0.4, -0.2) is 0 Å². The molecule has 10 aliphatic rings. The van der Waals surface area contributed by atoms with Gasteiger partial charge in [-0.25, -0.2) is 0 Å². The molecule has 0 aliphatic heterocycles. The van der Waals surface area contributed by atoms with Crippen molar-refractivity contribution in [2.45, 2.75) is 81.5 Å². The van der Waals surface area contributed by atoms with Crippen molar-refractivity contribution < 1.29 is 0 Å². The topological polar surface area (TPSA) is 3.24 Å². The number of nitrogens with zero attached hydrogens (tertiary/aromatic N) is 1. The van der Waals surface area contributed by atoms with Crippen LogP contribution in [0.5, 0.6) is 0 Å². The maximum atomic E-state index is 2.72. The highest BCUT2D eigenvalue weighted by molar-refractivity contribution is 5.93. The Balaban J connectivity index is 1.01. The van der Waals surface area contributed by atoms with Crippen molar-refractivity contribution in [2.75, 3.05) is 4.90 Å². The lowest BCUT2D eigenvalue weighted by Crippen LogP contribution is -2.55. The van der Waals surface area contributed by atoms with Gasteiger partial charge in [-0.3, -0.25) is 0 Å². The summed E-state index contributed by atoms with van der Waals surface area (Å²) >= 11 is 0. The molecule has 6 aromatic carbocycles. The largest absolute Gasteiger partial charge is 0.310 e. The molecule has 1 heteroatoms. The SMILES string of the molecule is c1ccc(-c2ccccc2N(c2ccc3c(c2)C2(c4ccccc4-3)C3CCC4CC(C3)CC2C4)c2ccc3c(c2)C2(c4ccccc4-3)C3CC4CC(C3)CC2C4)cc1. The van der Waals surface area contributed by atoms with E-state index in [9.17, 15) is 0 Å². The second-order valence-corrected chi connectivity index (χ2v) is 20.5. The molecule has 6 aromatic rings. The third kappa shape index (κ3) is 4.19. The smallest absolute Gasteiger partial charge is 0.0540 e. The molecule has 0 radical (unpaired) electrons. The van der Waals surface area contributed by atoms with Crippen LogP contribution in [0.3, 0.4) is 0 Å². The van der Waals surface area contributed by atoms with Crippen molar-refractivity contribution in [2.24, 2.45) is 47.3 Å². The van der Waals surface area contributed by atoms with Gasteiger partial charge in [0.1, 0.15) is 0 Å². The highest BCUT2D eigenvalue weighted by Crippen LogP contribution is 2.71. The number of hydrogen-bond donors (Lipinski definition) is 0. The lowest BCUT2D eigenvalue weighted by molar-refractivity contribution is -0.0399. The van der Waals surface area contributed by atoms with E-state index in [0.29, 0.717) is 0 Å². The van der Waals surface area contributed by atoms with Crippen LogP contribution in [-0.2, 0) is 10.8 Å². The summed E-state index contributed by atoms with van der Waals surface area (Å²) in [6.07, 6.45) is 15.6. The Labute approximate surface area is 344 Å². The predicted molar refractivity (Wildman–Crippen MR) is 238 cm³/mol. The van der Waals surface area contributed by atoms with Gasteiger partial charge in [0.2, 0.25) is 0 Å². The molecule has 0 saturated heterocycles. The number of benzene rings is 6. The van der Waals surface area contributed by atoms with E-state index in [2.05, 4.69) is 144 Å². The Kier molecular flexibility index (Phi) is 6.75. The van der Waals surface area contributed by atoms with E-state index in [1.54, 1.807) is 22.3 Å². The summed E-state index contributed by atoms with van der Waals surface area (Å²) < 4.78 is 0. The number of anilines is 3. The Morgan fingerprint density at radius 1 is 0.345 bits per heavy atom. The van der Waals surface area contributed by atoms with Crippen LogP contribution in [0.4, 0.5) is 17.1 Å². The molecule has 8 saturated carbocycles. The fourth-order valence-electron chi connectivity index (χ4n) is 16.7. The van der Waals surface area contributed by atoms with Gasteiger partial charge < -0.3 is 4.90 Å². The number of rotatable bonds is 4. The lowest BCUT2D eigenvalue weighted by atomic mass is 9.43. The van der Waals surface area contributed by atoms with Gasteiger partial charge >= 0.3 is 0 Å². The molecule has 5 unspecified atom stereocenters. The maximum Gasteiger partial charge on any atom is 0.0540 e. The fraction of sp³-hybridized carbons (Fsp3) is 0.368. The van der Waals surface area contributed by atoms with Gasteiger partial charge in [-0.15, -0.1) is 0 Å². The summed E-state index contributed by atoms with van der Waals surface area (Å²) in [5.74, 6) is 6.63. The first kappa shape index (κ1) is 33.0. The minimum atomic E-state index is 0.113. The van der Waals surface area contributed by atoms with E-state index in [-0.39, 0.29) is 10.8 Å². The molecule has 286 valence electrons. The van der Waals surface area contributed by atoms with Crippen LogP contribution in [0.25, 0.3) is 33.4 Å². The summed E-state index contributed by atoms with van der Waals surface area (Å²) in [6, 6.07) is 55.1. The van der Waals surface area contributed by atoms with Crippen LogP contribution < -0.4 is 4.90 Å². The highest BCUT2D eigenvalue weighted by Gasteiger charge is 2.62. The van der Waals surface area contributed by atoms with Crippen molar-refractivity contribution in [3.8, 4) is 33.4 Å². The van der Waals surface area contributed by atoms with Gasteiger partial charge in [0.15, 0.2) is 0 Å². The van der Waals surface area contributed by atoms with Crippen LogP contribution in [0, 0.1) is 47.3 Å². The molecule has 0 amide bonds. The van der Waals surface area contributed by atoms with Crippen LogP contribution >= 0.6 is 0 Å². The molecule has 0 heterocycles. The lowest BCUT2D eigenvalue weighted by Gasteiger charge is -2.61. The van der Waals surface area contributed by atoms with Gasteiger partial charge in [0.05, 0.1) is 5.69 Å². The molecule has 16 rings (SSSR count). The third-order valence-electron chi connectivity index (χ3n) is 18.1. The van der Waals surface area contributed by atoms with E-state index in [0.717, 1.165) is 47.3 Å². The zero-order valence-corrected chi connectivity index (χ0v) is 33.6. The molecule has 0 N–H and O–H groups in total. The van der Waals surface area contributed by atoms with E-state index in [1.165, 1.54) is 121 Å². The van der Waals surface area contributed by atoms with Crippen molar-refractivity contribution in [3.63, 3.8) is 0 Å². The number of fused-ring (bicyclic) bond motifs is 7. The summed E-state index contributed by atoms with van der Waals surface area (Å²) in [6.45, 7) is 0. The van der Waals surface area contributed by atoms with Gasteiger partial charge in [0.25, 0.3) is 0 Å². The molecule has 1 nitrogen and oxygen atoms in total. The van der Waals surface area contributed by atoms with Crippen molar-refractivity contribution >= 4 is 17.1 Å². The number of para-hydroxylation sites is 1. The molecule has 58 heavy (non-hydrogen) atoms. The number of hydrogen-bond acceptors (Lipinski definition) is 1. The molecular formula is C57H53N. The second-order valence-electron chi connectivity index (χ2n) is 20.5. The Morgan fingerprint density at radius 3 is 1.40 bits per heavy atom. The summed E-state index contributed by atoms with van der Waals surface area (Å²) in [7, 11) is 0. The van der Waals surface area contributed by atoms with E-state index >= 15 is 0 Å². The van der Waals surface area contributed by atoms with Gasteiger partial charge in [-0.1, -0.05) is 116 Å². The normalized spacial score (nSPS) is 33.6. The Hall–Kier alpha value is -4.88. The Bertz CT molecular complexity index is 2610. The Morgan fingerprint density at radius 2 is 0.793 bits per heavy atom. The zero-order valence-electron chi connectivity index (χ0n) is 33.6. The molecular weight excluding hydrogens is 699 g/mol. The van der Waals surface area contributed by atoms with E-state index in [4.69, 9.17) is 0 Å². The molecule has 5 atom stereocenters. The summed E-state index contributed by atoms with van der Waals surface area (Å²) in [5.41, 5.74) is 19.3. The summed E-state index contributed by atoms with van der Waals surface area (Å²) in [5, 5.41) is 0. The van der Waals surface area contributed by atoms with Crippen molar-refractivity contribution in [1.29, 1.82) is 0 Å². The monoisotopic (exact) mass is 751 g/mol. The quantitative estimate of drug-likeness (QED) is 0.173. The third-order valence-corrected chi connectivity index (χ3v) is 18.1. The molecule has 8 bridgehead atoms. The molecule has 2 spiro atoms. The van der Waals surface area contributed by atoms with Crippen molar-refractivity contribution in [1.82, 2.24) is 0 Å². The average Bonchev–Trinajstić information content (AvgIpc) is 3.61. The van der Waals surface area contributed by atoms with Gasteiger partial charge in [0, 0.05) is 27.8 Å². The van der Waals surface area contributed by atoms with Gasteiger partial charge in [-0.05, 0) is 192 Å². The summed E-state index contributed by atoms with van der Waals surface area (Å²) in [4.78, 5) is 2.69. The van der Waals surface area contributed by atoms with Crippen LogP contribution in [0.1, 0.15) is 92.9 Å². The maximum absolute atomic E-state index is 2.72. The van der Waals surface area contributed by atoms with Crippen LogP contribution in [0.15, 0.2) is 140 Å². The standard InChI is InChI=1S/C57H53N/c1-2-10-39(11-3-1)46-12-6-9-17-55(46)58(45-21-23-50-48-14-5-8-16-52(48)57(54(50)34-45)42-29-37-25-38(31-42)32-43(57)30-37)44-20-22-49-47-13-4-7-15-51(47)56(53(49)33-44)40-19-18-35-24-36(27-40)28-41(56)26-35/h1-17,20-23,33-38,40-43H,18-19,24-32H2. The fourth-order valence-corrected chi connectivity index (χ4v) is 16.7. The first-order valence-electron chi connectivity index (χ1n) is 23.1. The van der Waals surface area contributed by atoms with Gasteiger partial charge in [-0.2, -0.15) is 0 Å². The first-order valence-corrected chi connectivity index (χ1v) is 23.1. The predicted octanol–water partition coefficient (Wildman–Crippen LogP) is 14.7. The average molecular weight is 752 g/mol. The minimum absolute atomic E-state index is 0.113. The highest BCUT2D eigenvalue weighted by atomic mass is 15.1. The van der Waals surface area contributed by atoms with E-state index in [1.807, 2.05) is 0 Å². The minimum Gasteiger partial charge on any atom is -0.310 e. The second kappa shape index (κ2) is 11.9. The molecule has 0 aromatic heterocycles. The van der Waals surface area contributed by atoms with Crippen molar-refractivity contribution in [3.05, 3.63) is 162 Å².